The number of hydrogen-bond acceptors (Lipinski definition) is 5. The van der Waals surface area contributed by atoms with Crippen molar-refractivity contribution in [1.82, 2.24) is 4.90 Å². The molecule has 1 fully saturated rings. The van der Waals surface area contributed by atoms with Gasteiger partial charge in [0.2, 0.25) is 0 Å². The molecule has 0 radical (unpaired) electrons. The Hall–Kier alpha value is -2.46. The Morgan fingerprint density at radius 1 is 1.60 bits per heavy atom. The second kappa shape index (κ2) is 5.67. The highest BCUT2D eigenvalue weighted by molar-refractivity contribution is 5.94. The zero-order valence-electron chi connectivity index (χ0n) is 10.9. The number of hydrogen-bond donors (Lipinski definition) is 0. The van der Waals surface area contributed by atoms with Crippen molar-refractivity contribution in [3.05, 3.63) is 39.4 Å². The summed E-state index contributed by atoms with van der Waals surface area (Å²) in [6.07, 6.45) is -0.619. The molecule has 0 aliphatic carbocycles. The molecule has 0 spiro atoms. The Bertz CT molecular complexity index is 594. The van der Waals surface area contributed by atoms with E-state index in [0.717, 1.165) is 0 Å². The quantitative estimate of drug-likeness (QED) is 0.598. The van der Waals surface area contributed by atoms with Crippen molar-refractivity contribution in [1.29, 1.82) is 5.26 Å². The predicted octanol–water partition coefficient (Wildman–Crippen LogP) is 1.27. The van der Waals surface area contributed by atoms with Crippen LogP contribution in [0.4, 0.5) is 5.69 Å². The van der Waals surface area contributed by atoms with Gasteiger partial charge in [0, 0.05) is 23.7 Å². The topological polar surface area (TPSA) is 96.5 Å². The van der Waals surface area contributed by atoms with Crippen molar-refractivity contribution < 1.29 is 14.5 Å². The number of nitro benzene ring substituents is 1. The minimum atomic E-state index is -0.619. The fourth-order valence-corrected chi connectivity index (χ4v) is 2.09. The molecule has 1 heterocycles. The van der Waals surface area contributed by atoms with Crippen LogP contribution in [0.2, 0.25) is 0 Å². The molecule has 2 rings (SSSR count). The van der Waals surface area contributed by atoms with E-state index in [1.807, 2.05) is 6.07 Å². The van der Waals surface area contributed by atoms with E-state index in [1.54, 1.807) is 6.92 Å². The lowest BCUT2D eigenvalue weighted by Crippen LogP contribution is -2.45. The van der Waals surface area contributed by atoms with Crippen molar-refractivity contribution in [2.45, 2.75) is 13.0 Å². The van der Waals surface area contributed by atoms with Gasteiger partial charge in [0.25, 0.3) is 11.6 Å². The summed E-state index contributed by atoms with van der Waals surface area (Å²) in [7, 11) is 0. The summed E-state index contributed by atoms with van der Waals surface area (Å²) in [4.78, 5) is 24.1. The van der Waals surface area contributed by atoms with Gasteiger partial charge in [-0.25, -0.2) is 0 Å². The Morgan fingerprint density at radius 3 is 2.95 bits per heavy atom. The molecule has 1 aliphatic heterocycles. The number of carbonyl (C=O) groups excluding carboxylic acids is 1. The van der Waals surface area contributed by atoms with Crippen molar-refractivity contribution in [2.75, 3.05) is 19.7 Å². The van der Waals surface area contributed by atoms with Crippen molar-refractivity contribution in [2.24, 2.45) is 0 Å². The van der Waals surface area contributed by atoms with Gasteiger partial charge in [-0.05, 0) is 19.1 Å². The Balaban J connectivity index is 2.19. The third kappa shape index (κ3) is 2.75. The highest BCUT2D eigenvalue weighted by atomic mass is 16.6. The van der Waals surface area contributed by atoms with E-state index >= 15 is 0 Å². The van der Waals surface area contributed by atoms with Crippen LogP contribution < -0.4 is 0 Å². The molecule has 1 aromatic carbocycles. The maximum absolute atomic E-state index is 12.3. The molecule has 0 bridgehead atoms. The van der Waals surface area contributed by atoms with Crippen LogP contribution in [0, 0.1) is 28.4 Å². The molecule has 0 aromatic heterocycles. The van der Waals surface area contributed by atoms with Crippen LogP contribution in [0.5, 0.6) is 0 Å². The summed E-state index contributed by atoms with van der Waals surface area (Å²) in [5, 5.41) is 19.6. The minimum absolute atomic E-state index is 0.0153. The monoisotopic (exact) mass is 275 g/mol. The average Bonchev–Trinajstić information content (AvgIpc) is 2.46. The molecule has 1 aliphatic rings. The van der Waals surface area contributed by atoms with Crippen LogP contribution in [0.15, 0.2) is 18.2 Å². The molecular weight excluding hydrogens is 262 g/mol. The number of morpholine rings is 1. The average molecular weight is 275 g/mol. The second-order valence-corrected chi connectivity index (χ2v) is 4.50. The van der Waals surface area contributed by atoms with E-state index in [4.69, 9.17) is 10.00 Å². The molecule has 20 heavy (non-hydrogen) atoms. The fourth-order valence-electron chi connectivity index (χ4n) is 2.09. The first-order chi connectivity index (χ1) is 9.52. The van der Waals surface area contributed by atoms with E-state index in [0.29, 0.717) is 24.3 Å². The summed E-state index contributed by atoms with van der Waals surface area (Å²) in [5.74, 6) is -0.244. The van der Waals surface area contributed by atoms with E-state index in [2.05, 4.69) is 0 Å². The zero-order chi connectivity index (χ0) is 14.7. The SMILES string of the molecule is Cc1cc(C(=O)N2CCOC(C#N)C2)ccc1[N+](=O)[O-]. The molecular formula is C13H13N3O4. The van der Waals surface area contributed by atoms with Crippen molar-refractivity contribution >= 4 is 11.6 Å². The molecule has 1 atom stereocenters. The van der Waals surface area contributed by atoms with Gasteiger partial charge in [-0.2, -0.15) is 5.26 Å². The zero-order valence-corrected chi connectivity index (χ0v) is 10.9. The smallest absolute Gasteiger partial charge is 0.272 e. The Labute approximate surface area is 115 Å². The summed E-state index contributed by atoms with van der Waals surface area (Å²) in [6.45, 7) is 2.53. The first-order valence-electron chi connectivity index (χ1n) is 6.08. The van der Waals surface area contributed by atoms with Gasteiger partial charge < -0.3 is 9.64 Å². The molecule has 104 valence electrons. The Morgan fingerprint density at radius 2 is 2.35 bits per heavy atom. The highest BCUT2D eigenvalue weighted by Crippen LogP contribution is 2.20. The maximum Gasteiger partial charge on any atom is 0.272 e. The van der Waals surface area contributed by atoms with Gasteiger partial charge in [0.1, 0.15) is 0 Å². The molecule has 7 nitrogen and oxygen atoms in total. The van der Waals surface area contributed by atoms with Gasteiger partial charge >= 0.3 is 0 Å². The predicted molar refractivity (Wildman–Crippen MR) is 69.1 cm³/mol. The highest BCUT2D eigenvalue weighted by Gasteiger charge is 2.25. The molecule has 7 heteroatoms. The van der Waals surface area contributed by atoms with Crippen LogP contribution >= 0.6 is 0 Å². The van der Waals surface area contributed by atoms with Crippen molar-refractivity contribution in [3.8, 4) is 6.07 Å². The number of nitrogens with zero attached hydrogens (tertiary/aromatic N) is 3. The number of rotatable bonds is 2. The van der Waals surface area contributed by atoms with E-state index in [-0.39, 0.29) is 18.1 Å². The number of nitro groups is 1. The number of amides is 1. The van der Waals surface area contributed by atoms with Crippen LogP contribution in [0.3, 0.4) is 0 Å². The maximum atomic E-state index is 12.3. The largest absolute Gasteiger partial charge is 0.360 e. The molecule has 0 N–H and O–H groups in total. The number of ether oxygens (including phenoxy) is 1. The van der Waals surface area contributed by atoms with Crippen molar-refractivity contribution in [3.63, 3.8) is 0 Å². The number of nitriles is 1. The molecule has 1 aromatic rings. The van der Waals surface area contributed by atoms with E-state index in [9.17, 15) is 14.9 Å². The van der Waals surface area contributed by atoms with Crippen LogP contribution in [0.25, 0.3) is 0 Å². The number of carbonyl (C=O) groups is 1. The second-order valence-electron chi connectivity index (χ2n) is 4.50. The lowest BCUT2D eigenvalue weighted by atomic mass is 10.1. The molecule has 1 unspecified atom stereocenters. The van der Waals surface area contributed by atoms with Gasteiger partial charge in [-0.3, -0.25) is 14.9 Å². The van der Waals surface area contributed by atoms with Crippen LogP contribution in [-0.2, 0) is 4.74 Å². The lowest BCUT2D eigenvalue weighted by molar-refractivity contribution is -0.385. The van der Waals surface area contributed by atoms with Crippen LogP contribution in [-0.4, -0.2) is 41.5 Å². The summed E-state index contributed by atoms with van der Waals surface area (Å²) >= 11 is 0. The van der Waals surface area contributed by atoms with E-state index < -0.39 is 11.0 Å². The number of aryl methyl sites for hydroxylation is 1. The third-order valence-corrected chi connectivity index (χ3v) is 3.14. The fraction of sp³-hybridized carbons (Fsp3) is 0.385. The number of benzene rings is 1. The van der Waals surface area contributed by atoms with Gasteiger partial charge in [0.15, 0.2) is 6.10 Å². The van der Waals surface area contributed by atoms with Gasteiger partial charge in [0.05, 0.1) is 24.1 Å². The van der Waals surface area contributed by atoms with Crippen LogP contribution in [0.1, 0.15) is 15.9 Å². The molecule has 0 saturated carbocycles. The van der Waals surface area contributed by atoms with Gasteiger partial charge in [-0.1, -0.05) is 0 Å². The first kappa shape index (κ1) is 14.0. The standard InChI is InChI=1S/C13H13N3O4/c1-9-6-10(2-3-12(9)16(18)19)13(17)15-4-5-20-11(7-14)8-15/h2-3,6,11H,4-5,8H2,1H3. The summed E-state index contributed by atoms with van der Waals surface area (Å²) in [6, 6.07) is 6.23. The third-order valence-electron chi connectivity index (χ3n) is 3.14. The van der Waals surface area contributed by atoms with E-state index in [1.165, 1.54) is 23.1 Å². The normalized spacial score (nSPS) is 18.4. The molecule has 1 amide bonds. The molecule has 1 saturated heterocycles. The first-order valence-corrected chi connectivity index (χ1v) is 6.08. The Kier molecular flexibility index (Phi) is 3.96. The lowest BCUT2D eigenvalue weighted by Gasteiger charge is -2.29. The minimum Gasteiger partial charge on any atom is -0.360 e. The van der Waals surface area contributed by atoms with Gasteiger partial charge in [-0.15, -0.1) is 0 Å². The summed E-state index contributed by atoms with van der Waals surface area (Å²) in [5.41, 5.74) is 0.802. The summed E-state index contributed by atoms with van der Waals surface area (Å²) < 4.78 is 5.17.